The third kappa shape index (κ3) is 1.65. The van der Waals surface area contributed by atoms with Crippen molar-refractivity contribution in [3.05, 3.63) is 0 Å². The van der Waals surface area contributed by atoms with Crippen molar-refractivity contribution in [1.82, 2.24) is 10.6 Å². The van der Waals surface area contributed by atoms with E-state index >= 15 is 0 Å². The number of hydrogen-bond acceptors (Lipinski definition) is 3. The molecule has 1 atom stereocenters. The SMILES string of the molecule is COC1CNCC(=N)[N]1. The quantitative estimate of drug-likeness (QED) is 0.483. The fraction of sp³-hybridized carbons (Fsp3) is 0.800. The Morgan fingerprint density at radius 3 is 3.11 bits per heavy atom. The summed E-state index contributed by atoms with van der Waals surface area (Å²) in [4.78, 5) is 0. The zero-order valence-electron chi connectivity index (χ0n) is 5.35. The van der Waals surface area contributed by atoms with E-state index < -0.39 is 0 Å². The van der Waals surface area contributed by atoms with Crippen molar-refractivity contribution in [3.8, 4) is 0 Å². The van der Waals surface area contributed by atoms with Gasteiger partial charge in [0.05, 0.1) is 6.54 Å². The molecule has 1 heterocycles. The van der Waals surface area contributed by atoms with Crippen LogP contribution < -0.4 is 10.6 Å². The molecule has 1 fully saturated rings. The van der Waals surface area contributed by atoms with Gasteiger partial charge in [-0.15, -0.1) is 0 Å². The molecule has 9 heavy (non-hydrogen) atoms. The molecule has 1 aliphatic heterocycles. The van der Waals surface area contributed by atoms with Crippen molar-refractivity contribution in [2.75, 3.05) is 20.2 Å². The third-order valence-corrected chi connectivity index (χ3v) is 1.18. The Hall–Kier alpha value is -0.610. The molecule has 1 saturated heterocycles. The van der Waals surface area contributed by atoms with E-state index in [1.165, 1.54) is 0 Å². The summed E-state index contributed by atoms with van der Waals surface area (Å²) in [6.07, 6.45) is -0.147. The van der Waals surface area contributed by atoms with Gasteiger partial charge in [0.15, 0.2) is 6.23 Å². The lowest BCUT2D eigenvalue weighted by Crippen LogP contribution is -2.48. The van der Waals surface area contributed by atoms with E-state index in [0.717, 1.165) is 6.54 Å². The minimum absolute atomic E-state index is 0.147. The topological polar surface area (TPSA) is 59.2 Å². The van der Waals surface area contributed by atoms with Crippen LogP contribution in [0.1, 0.15) is 0 Å². The van der Waals surface area contributed by atoms with E-state index in [-0.39, 0.29) is 6.23 Å². The number of nitrogens with one attached hydrogen (secondary N) is 2. The van der Waals surface area contributed by atoms with E-state index in [9.17, 15) is 0 Å². The van der Waals surface area contributed by atoms with Gasteiger partial charge in [0.2, 0.25) is 0 Å². The smallest absolute Gasteiger partial charge is 0.162 e. The summed E-state index contributed by atoms with van der Waals surface area (Å²) >= 11 is 0. The standard InChI is InChI=1S/C5H10N3O/c1-9-5-3-7-2-4(6)8-5/h5-7H,2-3H2,1H3. The first-order chi connectivity index (χ1) is 4.33. The van der Waals surface area contributed by atoms with E-state index in [1.807, 2.05) is 0 Å². The van der Waals surface area contributed by atoms with Crippen LogP contribution in [-0.4, -0.2) is 32.3 Å². The summed E-state index contributed by atoms with van der Waals surface area (Å²) in [5.74, 6) is 0.369. The summed E-state index contributed by atoms with van der Waals surface area (Å²) < 4.78 is 4.89. The van der Waals surface area contributed by atoms with Crippen LogP contribution in [0.4, 0.5) is 0 Å². The van der Waals surface area contributed by atoms with Gasteiger partial charge in [-0.2, -0.15) is 0 Å². The molecule has 1 aliphatic rings. The fourth-order valence-corrected chi connectivity index (χ4v) is 0.715. The number of amidine groups is 1. The summed E-state index contributed by atoms with van der Waals surface area (Å²) in [5.41, 5.74) is 0. The highest BCUT2D eigenvalue weighted by atomic mass is 16.5. The number of rotatable bonds is 1. The van der Waals surface area contributed by atoms with Crippen LogP contribution in [0, 0.1) is 5.41 Å². The van der Waals surface area contributed by atoms with Crippen molar-refractivity contribution < 1.29 is 4.74 Å². The van der Waals surface area contributed by atoms with Crippen molar-refractivity contribution in [2.45, 2.75) is 6.23 Å². The average molecular weight is 128 g/mol. The maximum atomic E-state index is 7.11. The molecule has 0 aliphatic carbocycles. The minimum Gasteiger partial charge on any atom is -0.358 e. The van der Waals surface area contributed by atoms with Crippen molar-refractivity contribution in [2.24, 2.45) is 0 Å². The van der Waals surface area contributed by atoms with Gasteiger partial charge in [0.25, 0.3) is 0 Å². The van der Waals surface area contributed by atoms with Gasteiger partial charge in [-0.3, -0.25) is 5.41 Å². The molecule has 0 bridgehead atoms. The minimum atomic E-state index is -0.147. The first kappa shape index (κ1) is 6.51. The first-order valence-corrected chi connectivity index (χ1v) is 2.84. The molecule has 0 aromatic carbocycles. The van der Waals surface area contributed by atoms with Crippen LogP contribution in [0.2, 0.25) is 0 Å². The second kappa shape index (κ2) is 2.80. The molecule has 2 N–H and O–H groups in total. The van der Waals surface area contributed by atoms with Crippen molar-refractivity contribution >= 4 is 5.84 Å². The highest BCUT2D eigenvalue weighted by Crippen LogP contribution is 1.89. The van der Waals surface area contributed by atoms with Gasteiger partial charge < -0.3 is 10.1 Å². The van der Waals surface area contributed by atoms with Gasteiger partial charge >= 0.3 is 0 Å². The monoisotopic (exact) mass is 128 g/mol. The predicted molar refractivity (Wildman–Crippen MR) is 33.5 cm³/mol. The molecule has 0 spiro atoms. The zero-order chi connectivity index (χ0) is 6.69. The Morgan fingerprint density at radius 2 is 2.67 bits per heavy atom. The molecule has 1 radical (unpaired) electrons. The lowest BCUT2D eigenvalue weighted by atomic mass is 10.4. The van der Waals surface area contributed by atoms with Crippen LogP contribution >= 0.6 is 0 Å². The number of ether oxygens (including phenoxy) is 1. The lowest BCUT2D eigenvalue weighted by molar-refractivity contribution is 0.0821. The molecule has 4 nitrogen and oxygen atoms in total. The molecule has 1 unspecified atom stereocenters. The Morgan fingerprint density at radius 1 is 1.89 bits per heavy atom. The van der Waals surface area contributed by atoms with E-state index in [2.05, 4.69) is 10.6 Å². The fourth-order valence-electron chi connectivity index (χ4n) is 0.715. The summed E-state index contributed by atoms with van der Waals surface area (Å²) in [6.45, 7) is 1.29. The number of piperazine rings is 1. The van der Waals surface area contributed by atoms with Crippen LogP contribution in [0.15, 0.2) is 0 Å². The molecule has 0 aromatic rings. The molecular formula is C5H10N3O. The van der Waals surface area contributed by atoms with Gasteiger partial charge in [0, 0.05) is 13.7 Å². The van der Waals surface area contributed by atoms with E-state index in [1.54, 1.807) is 7.11 Å². The number of hydrogen-bond donors (Lipinski definition) is 2. The van der Waals surface area contributed by atoms with Crippen LogP contribution in [0.25, 0.3) is 0 Å². The second-order valence-corrected chi connectivity index (χ2v) is 1.90. The molecule has 0 aromatic heterocycles. The van der Waals surface area contributed by atoms with Crippen molar-refractivity contribution in [3.63, 3.8) is 0 Å². The summed E-state index contributed by atoms with van der Waals surface area (Å²) in [5, 5.41) is 14.0. The van der Waals surface area contributed by atoms with Gasteiger partial charge in [-0.25, -0.2) is 5.32 Å². The normalized spacial score (nSPS) is 27.7. The molecule has 0 saturated carbocycles. The third-order valence-electron chi connectivity index (χ3n) is 1.18. The van der Waals surface area contributed by atoms with Gasteiger partial charge in [0.1, 0.15) is 5.84 Å². The molecule has 0 amide bonds. The zero-order valence-corrected chi connectivity index (χ0v) is 5.35. The van der Waals surface area contributed by atoms with Gasteiger partial charge in [-0.1, -0.05) is 0 Å². The van der Waals surface area contributed by atoms with Gasteiger partial charge in [-0.05, 0) is 0 Å². The van der Waals surface area contributed by atoms with Crippen LogP contribution in [0.5, 0.6) is 0 Å². The second-order valence-electron chi connectivity index (χ2n) is 1.90. The van der Waals surface area contributed by atoms with Crippen LogP contribution in [-0.2, 0) is 4.74 Å². The Labute approximate surface area is 54.1 Å². The van der Waals surface area contributed by atoms with E-state index in [4.69, 9.17) is 10.1 Å². The summed E-state index contributed by atoms with van der Waals surface area (Å²) in [6, 6.07) is 0. The Balaban J connectivity index is 2.32. The van der Waals surface area contributed by atoms with Crippen molar-refractivity contribution in [1.29, 1.82) is 5.41 Å². The Kier molecular flexibility index (Phi) is 2.02. The number of nitrogens with zero attached hydrogens (tertiary/aromatic N) is 1. The molecule has 4 heteroatoms. The maximum absolute atomic E-state index is 7.11. The largest absolute Gasteiger partial charge is 0.358 e. The highest BCUT2D eigenvalue weighted by molar-refractivity contribution is 5.81. The highest BCUT2D eigenvalue weighted by Gasteiger charge is 2.15. The van der Waals surface area contributed by atoms with E-state index in [0.29, 0.717) is 12.4 Å². The molecule has 1 rings (SSSR count). The summed E-state index contributed by atoms with van der Waals surface area (Å²) in [7, 11) is 1.59. The Bertz CT molecular complexity index is 115. The molecular weight excluding hydrogens is 118 g/mol. The lowest BCUT2D eigenvalue weighted by Gasteiger charge is -2.21. The number of methoxy groups -OCH3 is 1. The van der Waals surface area contributed by atoms with Crippen LogP contribution in [0.3, 0.4) is 0 Å². The molecule has 51 valence electrons. The predicted octanol–water partition coefficient (Wildman–Crippen LogP) is -0.856. The maximum Gasteiger partial charge on any atom is 0.162 e. The first-order valence-electron chi connectivity index (χ1n) is 2.84. The average Bonchev–Trinajstić information content (AvgIpc) is 1.88.